The fourth-order valence-corrected chi connectivity index (χ4v) is 3.08. The van der Waals surface area contributed by atoms with E-state index in [1.807, 2.05) is 13.2 Å². The molecule has 0 spiro atoms. The number of rotatable bonds is 7. The summed E-state index contributed by atoms with van der Waals surface area (Å²) < 4.78 is 0. The minimum Gasteiger partial charge on any atom is -0.388 e. The molecule has 0 aromatic heterocycles. The highest BCUT2D eigenvalue weighted by Gasteiger charge is 2.24. The van der Waals surface area contributed by atoms with Gasteiger partial charge in [-0.25, -0.2) is 0 Å². The molecule has 0 aromatic carbocycles. The van der Waals surface area contributed by atoms with Crippen LogP contribution in [0.25, 0.3) is 0 Å². The van der Waals surface area contributed by atoms with Gasteiger partial charge in [0, 0.05) is 45.5 Å². The highest BCUT2D eigenvalue weighted by molar-refractivity contribution is 7.98. The number of aliphatic hydroxyl groups is 1. The lowest BCUT2D eigenvalue weighted by Crippen LogP contribution is -2.49. The summed E-state index contributed by atoms with van der Waals surface area (Å²) >= 11 is 1.66. The van der Waals surface area contributed by atoms with Crippen LogP contribution >= 0.6 is 11.8 Å². The lowest BCUT2D eigenvalue weighted by molar-refractivity contribution is -0.130. The van der Waals surface area contributed by atoms with Crippen LogP contribution in [0.1, 0.15) is 19.8 Å². The van der Waals surface area contributed by atoms with E-state index in [4.69, 9.17) is 0 Å². The predicted octanol–water partition coefficient (Wildman–Crippen LogP) is 0.243. The van der Waals surface area contributed by atoms with Gasteiger partial charge in [-0.15, -0.1) is 0 Å². The zero-order valence-electron chi connectivity index (χ0n) is 13.2. The molecular formula is C14H29N3O2S. The number of piperidine rings is 1. The van der Waals surface area contributed by atoms with Crippen molar-refractivity contribution in [2.24, 2.45) is 0 Å². The number of hydrogen-bond acceptors (Lipinski definition) is 5. The molecule has 0 aromatic rings. The van der Waals surface area contributed by atoms with Crippen LogP contribution in [0.5, 0.6) is 0 Å². The van der Waals surface area contributed by atoms with Crippen LogP contribution in [-0.2, 0) is 4.79 Å². The highest BCUT2D eigenvalue weighted by atomic mass is 32.2. The number of likely N-dealkylation sites (tertiary alicyclic amines) is 1. The first kappa shape index (κ1) is 17.8. The quantitative estimate of drug-likeness (QED) is 0.706. The Balaban J connectivity index is 2.24. The van der Waals surface area contributed by atoms with Gasteiger partial charge in [-0.05, 0) is 26.0 Å². The molecule has 20 heavy (non-hydrogen) atoms. The molecule has 2 N–H and O–H groups in total. The summed E-state index contributed by atoms with van der Waals surface area (Å²) in [6.07, 6.45) is 4.08. The smallest absolute Gasteiger partial charge is 0.236 e. The number of likely N-dealkylation sites (N-methyl/N-ethyl adjacent to an activating group) is 1. The van der Waals surface area contributed by atoms with Gasteiger partial charge in [0.15, 0.2) is 0 Å². The lowest BCUT2D eigenvalue weighted by atomic mass is 10.0. The van der Waals surface area contributed by atoms with Crippen LogP contribution in [0.15, 0.2) is 0 Å². The van der Waals surface area contributed by atoms with Crippen LogP contribution in [0.4, 0.5) is 0 Å². The molecule has 1 aliphatic rings. The number of thioether (sulfide) groups is 1. The van der Waals surface area contributed by atoms with Gasteiger partial charge in [0.05, 0.1) is 12.1 Å². The number of hydrogen-bond donors (Lipinski definition) is 2. The maximum Gasteiger partial charge on any atom is 0.236 e. The molecule has 0 saturated carbocycles. The molecule has 0 radical (unpaired) electrons. The zero-order valence-corrected chi connectivity index (χ0v) is 14.0. The van der Waals surface area contributed by atoms with Gasteiger partial charge >= 0.3 is 0 Å². The van der Waals surface area contributed by atoms with Crippen molar-refractivity contribution in [2.45, 2.75) is 31.4 Å². The van der Waals surface area contributed by atoms with E-state index in [0.717, 1.165) is 31.7 Å². The summed E-state index contributed by atoms with van der Waals surface area (Å²) in [5, 5.41) is 13.6. The van der Waals surface area contributed by atoms with Crippen molar-refractivity contribution in [3.8, 4) is 0 Å². The maximum atomic E-state index is 11.7. The van der Waals surface area contributed by atoms with E-state index in [-0.39, 0.29) is 5.91 Å². The normalized spacial score (nSPS) is 20.6. The monoisotopic (exact) mass is 303 g/mol. The Hall–Kier alpha value is -0.300. The second-order valence-corrected chi connectivity index (χ2v) is 7.02. The van der Waals surface area contributed by atoms with E-state index < -0.39 is 5.60 Å². The molecule has 1 aliphatic heterocycles. The molecule has 5 nitrogen and oxygen atoms in total. The van der Waals surface area contributed by atoms with Crippen molar-refractivity contribution in [2.75, 3.05) is 52.3 Å². The summed E-state index contributed by atoms with van der Waals surface area (Å²) in [4.78, 5) is 15.5. The molecule has 0 aliphatic carbocycles. The first-order valence-electron chi connectivity index (χ1n) is 7.21. The SMILES string of the molecule is CSCC(C)(O)CNC1CCN(CC(=O)N(C)C)CC1. The topological polar surface area (TPSA) is 55.8 Å². The van der Waals surface area contributed by atoms with Gasteiger partial charge < -0.3 is 15.3 Å². The summed E-state index contributed by atoms with van der Waals surface area (Å²) in [6, 6.07) is 0.453. The third kappa shape index (κ3) is 6.43. The fraction of sp³-hybridized carbons (Fsp3) is 0.929. The Kier molecular flexibility index (Phi) is 7.29. The van der Waals surface area contributed by atoms with E-state index >= 15 is 0 Å². The van der Waals surface area contributed by atoms with Crippen LogP contribution in [0, 0.1) is 0 Å². The van der Waals surface area contributed by atoms with Crippen molar-refractivity contribution in [3.05, 3.63) is 0 Å². The number of carbonyl (C=O) groups is 1. The van der Waals surface area contributed by atoms with E-state index in [1.165, 1.54) is 0 Å². The Bertz CT molecular complexity index is 303. The Morgan fingerprint density at radius 1 is 1.45 bits per heavy atom. The Morgan fingerprint density at radius 2 is 2.05 bits per heavy atom. The van der Waals surface area contributed by atoms with Crippen LogP contribution in [0.2, 0.25) is 0 Å². The predicted molar refractivity (Wildman–Crippen MR) is 85.2 cm³/mol. The molecule has 1 fully saturated rings. The Morgan fingerprint density at radius 3 is 2.55 bits per heavy atom. The van der Waals surface area contributed by atoms with Crippen LogP contribution < -0.4 is 5.32 Å². The molecular weight excluding hydrogens is 274 g/mol. The average Bonchev–Trinajstić information content (AvgIpc) is 2.38. The van der Waals surface area contributed by atoms with E-state index in [2.05, 4.69) is 10.2 Å². The lowest BCUT2D eigenvalue weighted by Gasteiger charge is -2.34. The number of nitrogens with zero attached hydrogens (tertiary/aromatic N) is 2. The highest BCUT2D eigenvalue weighted by Crippen LogP contribution is 2.13. The molecule has 1 atom stereocenters. The molecule has 6 heteroatoms. The van der Waals surface area contributed by atoms with Gasteiger partial charge in [0.1, 0.15) is 0 Å². The number of nitrogens with one attached hydrogen (secondary N) is 1. The third-order valence-electron chi connectivity index (χ3n) is 3.67. The summed E-state index contributed by atoms with van der Waals surface area (Å²) in [5.41, 5.74) is -0.641. The van der Waals surface area contributed by atoms with E-state index in [0.29, 0.717) is 19.1 Å². The van der Waals surface area contributed by atoms with E-state index in [1.54, 1.807) is 30.8 Å². The summed E-state index contributed by atoms with van der Waals surface area (Å²) in [7, 11) is 3.59. The minimum absolute atomic E-state index is 0.166. The van der Waals surface area contributed by atoms with Gasteiger partial charge in [0.2, 0.25) is 5.91 Å². The maximum absolute atomic E-state index is 11.7. The molecule has 1 rings (SSSR count). The van der Waals surface area contributed by atoms with Gasteiger partial charge in [-0.3, -0.25) is 9.69 Å². The van der Waals surface area contributed by atoms with Crippen molar-refractivity contribution < 1.29 is 9.90 Å². The zero-order chi connectivity index (χ0) is 15.2. The summed E-state index contributed by atoms with van der Waals surface area (Å²) in [6.45, 7) is 4.92. The number of carbonyl (C=O) groups excluding carboxylic acids is 1. The fourth-order valence-electron chi connectivity index (χ4n) is 2.35. The first-order valence-corrected chi connectivity index (χ1v) is 8.60. The van der Waals surface area contributed by atoms with Crippen molar-refractivity contribution in [1.29, 1.82) is 0 Å². The standard InChI is InChI=1S/C14H29N3O2S/c1-14(19,11-20-4)10-15-12-5-7-17(8-6-12)9-13(18)16(2)3/h12,15,19H,5-11H2,1-4H3. The molecule has 1 amide bonds. The number of amides is 1. The first-order chi connectivity index (χ1) is 9.34. The van der Waals surface area contributed by atoms with Crippen molar-refractivity contribution in [1.82, 2.24) is 15.1 Å². The van der Waals surface area contributed by atoms with Gasteiger partial charge in [-0.1, -0.05) is 0 Å². The molecule has 118 valence electrons. The van der Waals surface area contributed by atoms with E-state index in [9.17, 15) is 9.90 Å². The second kappa shape index (κ2) is 8.22. The second-order valence-electron chi connectivity index (χ2n) is 6.15. The van der Waals surface area contributed by atoms with Crippen LogP contribution in [-0.4, -0.2) is 84.7 Å². The molecule has 0 bridgehead atoms. The molecule has 1 heterocycles. The largest absolute Gasteiger partial charge is 0.388 e. The molecule has 1 unspecified atom stereocenters. The molecule has 1 saturated heterocycles. The van der Waals surface area contributed by atoms with Crippen LogP contribution in [0.3, 0.4) is 0 Å². The van der Waals surface area contributed by atoms with Crippen molar-refractivity contribution in [3.63, 3.8) is 0 Å². The third-order valence-corrected chi connectivity index (χ3v) is 4.58. The Labute approximate surface area is 127 Å². The van der Waals surface area contributed by atoms with Gasteiger partial charge in [0.25, 0.3) is 0 Å². The average molecular weight is 303 g/mol. The van der Waals surface area contributed by atoms with Gasteiger partial charge in [-0.2, -0.15) is 11.8 Å². The minimum atomic E-state index is -0.641. The van der Waals surface area contributed by atoms with Crippen molar-refractivity contribution >= 4 is 17.7 Å². The summed E-state index contributed by atoms with van der Waals surface area (Å²) in [5.74, 6) is 0.912.